The summed E-state index contributed by atoms with van der Waals surface area (Å²) in [6, 6.07) is 0. The molecule has 0 saturated carbocycles. The SMILES string of the molecule is OC[C@@H](O)[C@@H](O)[C@H](O)[C@@H](O)COC[C@H]1O[C@H](O)[C@H](O)[C@@H](O)[C@H]1O. The summed E-state index contributed by atoms with van der Waals surface area (Å²) in [4.78, 5) is 0. The summed E-state index contributed by atoms with van der Waals surface area (Å²) in [5.41, 5.74) is 0. The molecule has 1 heterocycles. The van der Waals surface area contributed by atoms with Crippen molar-refractivity contribution in [3.05, 3.63) is 0 Å². The number of hydrogen-bond donors (Lipinski definition) is 9. The lowest BCUT2D eigenvalue weighted by Crippen LogP contribution is -2.58. The molecule has 0 aromatic heterocycles. The molecule has 138 valence electrons. The van der Waals surface area contributed by atoms with Crippen molar-refractivity contribution in [3.63, 3.8) is 0 Å². The molecule has 1 rings (SSSR count). The van der Waals surface area contributed by atoms with E-state index >= 15 is 0 Å². The van der Waals surface area contributed by atoms with Crippen molar-refractivity contribution >= 4 is 0 Å². The van der Waals surface area contributed by atoms with Gasteiger partial charge in [-0.05, 0) is 0 Å². The Morgan fingerprint density at radius 1 is 0.826 bits per heavy atom. The van der Waals surface area contributed by atoms with Crippen LogP contribution in [0.1, 0.15) is 0 Å². The number of aliphatic hydroxyl groups excluding tert-OH is 9. The Balaban J connectivity index is 2.41. The largest absolute Gasteiger partial charge is 0.394 e. The zero-order chi connectivity index (χ0) is 17.7. The molecule has 0 aromatic rings. The average molecular weight is 344 g/mol. The van der Waals surface area contributed by atoms with Gasteiger partial charge in [0.05, 0.1) is 19.8 Å². The van der Waals surface area contributed by atoms with Crippen molar-refractivity contribution in [2.75, 3.05) is 19.8 Å². The summed E-state index contributed by atoms with van der Waals surface area (Å²) in [7, 11) is 0. The minimum absolute atomic E-state index is 0.398. The predicted octanol–water partition coefficient (Wildman–Crippen LogP) is -5.76. The highest BCUT2D eigenvalue weighted by atomic mass is 16.6. The summed E-state index contributed by atoms with van der Waals surface area (Å²) in [6.45, 7) is -1.74. The van der Waals surface area contributed by atoms with Crippen LogP contribution in [0, 0.1) is 0 Å². The second-order valence-corrected chi connectivity index (χ2v) is 5.37. The monoisotopic (exact) mass is 344 g/mol. The van der Waals surface area contributed by atoms with Gasteiger partial charge < -0.3 is 55.4 Å². The molecular weight excluding hydrogens is 320 g/mol. The molecule has 11 nitrogen and oxygen atoms in total. The van der Waals surface area contributed by atoms with E-state index in [1.165, 1.54) is 0 Å². The summed E-state index contributed by atoms with van der Waals surface area (Å²) < 4.78 is 9.80. The van der Waals surface area contributed by atoms with Crippen molar-refractivity contribution in [3.8, 4) is 0 Å². The number of aliphatic hydroxyl groups is 9. The topological polar surface area (TPSA) is 201 Å². The van der Waals surface area contributed by atoms with E-state index in [9.17, 15) is 35.7 Å². The fourth-order valence-corrected chi connectivity index (χ4v) is 2.04. The molecule has 0 radical (unpaired) electrons. The fraction of sp³-hybridized carbons (Fsp3) is 1.00. The standard InChI is InChI=1S/C12H24O11/c13-1-4(14)7(16)8(17)5(15)2-22-3-6-9(18)10(19)11(20)12(21)23-6/h4-21H,1-3H2/t4-,5+,6-,7-,8-,9+,10+,11-,12+/m1/s1. The Hall–Kier alpha value is -0.440. The van der Waals surface area contributed by atoms with E-state index < -0.39 is 74.9 Å². The highest BCUT2D eigenvalue weighted by Gasteiger charge is 2.43. The molecule has 1 fully saturated rings. The molecule has 23 heavy (non-hydrogen) atoms. The molecule has 9 N–H and O–H groups in total. The summed E-state index contributed by atoms with van der Waals surface area (Å²) in [5.74, 6) is 0. The molecule has 1 aliphatic rings. The Morgan fingerprint density at radius 2 is 1.39 bits per heavy atom. The maximum atomic E-state index is 9.65. The fourth-order valence-electron chi connectivity index (χ4n) is 2.04. The predicted molar refractivity (Wildman–Crippen MR) is 70.8 cm³/mol. The zero-order valence-corrected chi connectivity index (χ0v) is 12.2. The van der Waals surface area contributed by atoms with Gasteiger partial charge in [0, 0.05) is 0 Å². The second kappa shape index (κ2) is 9.15. The van der Waals surface area contributed by atoms with Crippen LogP contribution in [0.4, 0.5) is 0 Å². The smallest absolute Gasteiger partial charge is 0.184 e. The highest BCUT2D eigenvalue weighted by molar-refractivity contribution is 4.88. The van der Waals surface area contributed by atoms with E-state index in [0.29, 0.717) is 0 Å². The third-order valence-electron chi connectivity index (χ3n) is 3.58. The van der Waals surface area contributed by atoms with Crippen LogP contribution >= 0.6 is 0 Å². The van der Waals surface area contributed by atoms with Crippen LogP contribution in [-0.4, -0.2) is 121 Å². The summed E-state index contributed by atoms with van der Waals surface area (Å²) in [5, 5.41) is 84.1. The lowest BCUT2D eigenvalue weighted by molar-refractivity contribution is -0.289. The first-order valence-electron chi connectivity index (χ1n) is 6.99. The van der Waals surface area contributed by atoms with E-state index in [0.717, 1.165) is 0 Å². The Bertz CT molecular complexity index is 343. The Morgan fingerprint density at radius 3 is 1.96 bits per heavy atom. The van der Waals surface area contributed by atoms with Gasteiger partial charge in [0.2, 0.25) is 0 Å². The van der Waals surface area contributed by atoms with E-state index in [1.54, 1.807) is 0 Å². The van der Waals surface area contributed by atoms with Crippen molar-refractivity contribution in [2.45, 2.75) is 55.1 Å². The van der Waals surface area contributed by atoms with Crippen LogP contribution in [0.2, 0.25) is 0 Å². The molecule has 0 aromatic carbocycles. The Kier molecular flexibility index (Phi) is 8.20. The molecule has 0 aliphatic carbocycles. The first-order chi connectivity index (χ1) is 10.7. The molecule has 11 heteroatoms. The average Bonchev–Trinajstić information content (AvgIpc) is 2.54. The molecule has 0 bridgehead atoms. The Labute approximate surface area is 131 Å². The molecule has 0 spiro atoms. The first-order valence-corrected chi connectivity index (χ1v) is 6.99. The molecule has 9 atom stereocenters. The molecule has 1 aliphatic heterocycles. The van der Waals surface area contributed by atoms with Gasteiger partial charge >= 0.3 is 0 Å². The van der Waals surface area contributed by atoms with Crippen molar-refractivity contribution < 1.29 is 55.4 Å². The van der Waals surface area contributed by atoms with Crippen LogP contribution in [0.5, 0.6) is 0 Å². The van der Waals surface area contributed by atoms with Gasteiger partial charge in [0.25, 0.3) is 0 Å². The summed E-state index contributed by atoms with van der Waals surface area (Å²) >= 11 is 0. The maximum absolute atomic E-state index is 9.65. The van der Waals surface area contributed by atoms with Gasteiger partial charge in [-0.2, -0.15) is 0 Å². The summed E-state index contributed by atoms with van der Waals surface area (Å²) in [6.07, 6.45) is -14.6. The van der Waals surface area contributed by atoms with E-state index in [1.807, 2.05) is 0 Å². The van der Waals surface area contributed by atoms with Crippen LogP contribution < -0.4 is 0 Å². The molecule has 0 amide bonds. The third-order valence-corrected chi connectivity index (χ3v) is 3.58. The van der Waals surface area contributed by atoms with Crippen LogP contribution in [0.15, 0.2) is 0 Å². The van der Waals surface area contributed by atoms with Crippen molar-refractivity contribution in [1.82, 2.24) is 0 Å². The van der Waals surface area contributed by atoms with Crippen LogP contribution in [-0.2, 0) is 9.47 Å². The maximum Gasteiger partial charge on any atom is 0.184 e. The zero-order valence-electron chi connectivity index (χ0n) is 12.2. The minimum Gasteiger partial charge on any atom is -0.394 e. The lowest BCUT2D eigenvalue weighted by Gasteiger charge is -2.38. The van der Waals surface area contributed by atoms with Gasteiger partial charge in [0.15, 0.2) is 6.29 Å². The number of rotatable bonds is 8. The van der Waals surface area contributed by atoms with E-state index in [-0.39, 0.29) is 0 Å². The highest BCUT2D eigenvalue weighted by Crippen LogP contribution is 2.20. The van der Waals surface area contributed by atoms with Crippen LogP contribution in [0.3, 0.4) is 0 Å². The normalized spacial score (nSPS) is 37.2. The van der Waals surface area contributed by atoms with E-state index in [2.05, 4.69) is 0 Å². The molecule has 0 unspecified atom stereocenters. The van der Waals surface area contributed by atoms with Crippen LogP contribution in [0.25, 0.3) is 0 Å². The lowest BCUT2D eigenvalue weighted by atomic mass is 9.99. The molecular formula is C12H24O11. The van der Waals surface area contributed by atoms with E-state index in [4.69, 9.17) is 19.7 Å². The van der Waals surface area contributed by atoms with Crippen molar-refractivity contribution in [2.24, 2.45) is 0 Å². The molecule has 1 saturated heterocycles. The van der Waals surface area contributed by atoms with Gasteiger partial charge in [-0.25, -0.2) is 0 Å². The third kappa shape index (κ3) is 5.27. The van der Waals surface area contributed by atoms with Gasteiger partial charge in [0.1, 0.15) is 48.8 Å². The van der Waals surface area contributed by atoms with Gasteiger partial charge in [-0.15, -0.1) is 0 Å². The van der Waals surface area contributed by atoms with Gasteiger partial charge in [-0.1, -0.05) is 0 Å². The number of ether oxygens (including phenoxy) is 2. The minimum atomic E-state index is -1.80. The van der Waals surface area contributed by atoms with Gasteiger partial charge in [-0.3, -0.25) is 0 Å². The first kappa shape index (κ1) is 20.6. The number of hydrogen-bond acceptors (Lipinski definition) is 11. The second-order valence-electron chi connectivity index (χ2n) is 5.37. The quantitative estimate of drug-likeness (QED) is 0.203. The van der Waals surface area contributed by atoms with Crippen molar-refractivity contribution in [1.29, 1.82) is 0 Å².